The quantitative estimate of drug-likeness (QED) is 0.614. The van der Waals surface area contributed by atoms with Gasteiger partial charge in [0.1, 0.15) is 12.1 Å². The third-order valence-electron chi connectivity index (χ3n) is 5.76. The molecule has 0 radical (unpaired) electrons. The van der Waals surface area contributed by atoms with Crippen LogP contribution in [0.25, 0.3) is 17.7 Å². The van der Waals surface area contributed by atoms with E-state index in [1.54, 1.807) is 20.8 Å². The average molecular weight is 431 g/mol. The number of nitrogens with zero attached hydrogens (tertiary/aromatic N) is 1. The third-order valence-corrected chi connectivity index (χ3v) is 5.76. The lowest BCUT2D eigenvalue weighted by Gasteiger charge is -2.31. The molecular weight excluding hydrogens is 400 g/mol. The van der Waals surface area contributed by atoms with Crippen molar-refractivity contribution in [2.45, 2.75) is 39.2 Å². The van der Waals surface area contributed by atoms with E-state index in [0.29, 0.717) is 13.1 Å². The number of rotatable bonds is 2. The molecule has 2 aromatic rings. The van der Waals surface area contributed by atoms with Crippen molar-refractivity contribution < 1.29 is 14.3 Å². The highest BCUT2D eigenvalue weighted by molar-refractivity contribution is 5.95. The molecule has 1 heterocycles. The monoisotopic (exact) mass is 430 g/mol. The molecule has 2 amide bonds. The van der Waals surface area contributed by atoms with Crippen molar-refractivity contribution >= 4 is 29.7 Å². The van der Waals surface area contributed by atoms with Gasteiger partial charge in [-0.3, -0.25) is 4.79 Å². The molecule has 0 saturated carbocycles. The molecule has 4 rings (SSSR count). The van der Waals surface area contributed by atoms with E-state index in [0.717, 1.165) is 12.8 Å². The van der Waals surface area contributed by atoms with Crippen LogP contribution in [0.1, 0.15) is 55.9 Å². The Morgan fingerprint density at radius 1 is 0.906 bits per heavy atom. The van der Waals surface area contributed by atoms with Gasteiger partial charge in [0.25, 0.3) is 0 Å². The van der Waals surface area contributed by atoms with Crippen LogP contribution in [0.4, 0.5) is 4.79 Å². The zero-order valence-corrected chi connectivity index (χ0v) is 19.0. The number of carbonyl (C=O) groups excluding carboxylic acids is 2. The molecule has 2 aromatic carbocycles. The SMILES string of the molecule is CC(C)(C)OC(=O)NCC(=O)N1CCC(=C2c3ccccc3C=Cc3ccccc32)CC1. The molecule has 1 saturated heterocycles. The predicted molar refractivity (Wildman–Crippen MR) is 128 cm³/mol. The Kier molecular flexibility index (Phi) is 6.17. The summed E-state index contributed by atoms with van der Waals surface area (Å²) in [6.07, 6.45) is 5.43. The Labute approximate surface area is 189 Å². The summed E-state index contributed by atoms with van der Waals surface area (Å²) in [6, 6.07) is 17.0. The summed E-state index contributed by atoms with van der Waals surface area (Å²) in [4.78, 5) is 26.3. The van der Waals surface area contributed by atoms with Crippen molar-refractivity contribution in [2.75, 3.05) is 19.6 Å². The lowest BCUT2D eigenvalue weighted by atomic mass is 9.86. The molecule has 2 aliphatic rings. The summed E-state index contributed by atoms with van der Waals surface area (Å²) in [6.45, 7) is 6.64. The van der Waals surface area contributed by atoms with Crippen molar-refractivity contribution in [2.24, 2.45) is 0 Å². The number of fused-ring (bicyclic) bond motifs is 2. The summed E-state index contributed by atoms with van der Waals surface area (Å²) in [5.74, 6) is -0.0803. The van der Waals surface area contributed by atoms with Gasteiger partial charge in [0, 0.05) is 13.1 Å². The standard InChI is InChI=1S/C27H30N2O3/c1-27(2,3)32-26(31)28-18-24(30)29-16-14-21(15-17-29)25-22-10-6-4-8-19(22)12-13-20-9-5-7-11-23(20)25/h4-13H,14-18H2,1-3H3,(H,28,31). The molecule has 32 heavy (non-hydrogen) atoms. The molecule has 1 aliphatic heterocycles. The summed E-state index contributed by atoms with van der Waals surface area (Å²) >= 11 is 0. The summed E-state index contributed by atoms with van der Waals surface area (Å²) in [5, 5.41) is 2.57. The molecule has 0 spiro atoms. The van der Waals surface area contributed by atoms with Gasteiger partial charge in [0.05, 0.1) is 0 Å². The second kappa shape index (κ2) is 9.03. The number of hydrogen-bond acceptors (Lipinski definition) is 3. The van der Waals surface area contributed by atoms with Crippen LogP contribution in [0.5, 0.6) is 0 Å². The van der Waals surface area contributed by atoms with Crippen LogP contribution in [0, 0.1) is 0 Å². The molecular formula is C27H30N2O3. The molecule has 1 fully saturated rings. The van der Waals surface area contributed by atoms with Crippen molar-refractivity contribution in [3.8, 4) is 0 Å². The first-order valence-corrected chi connectivity index (χ1v) is 11.2. The Morgan fingerprint density at radius 2 is 1.44 bits per heavy atom. The van der Waals surface area contributed by atoms with Gasteiger partial charge < -0.3 is 15.0 Å². The van der Waals surface area contributed by atoms with Crippen LogP contribution in [-0.2, 0) is 9.53 Å². The van der Waals surface area contributed by atoms with Crippen LogP contribution < -0.4 is 5.32 Å². The Morgan fingerprint density at radius 3 is 1.97 bits per heavy atom. The van der Waals surface area contributed by atoms with E-state index in [1.807, 2.05) is 4.90 Å². The lowest BCUT2D eigenvalue weighted by molar-refractivity contribution is -0.130. The second-order valence-corrected chi connectivity index (χ2v) is 9.22. The topological polar surface area (TPSA) is 58.6 Å². The normalized spacial score (nSPS) is 15.5. The van der Waals surface area contributed by atoms with Crippen molar-refractivity contribution in [1.82, 2.24) is 10.2 Å². The minimum Gasteiger partial charge on any atom is -0.444 e. The van der Waals surface area contributed by atoms with E-state index in [1.165, 1.54) is 33.4 Å². The number of nitrogens with one attached hydrogen (secondary N) is 1. The number of ether oxygens (including phenoxy) is 1. The van der Waals surface area contributed by atoms with E-state index in [4.69, 9.17) is 4.74 Å². The summed E-state index contributed by atoms with van der Waals surface area (Å²) in [7, 11) is 0. The van der Waals surface area contributed by atoms with Crippen LogP contribution in [0.15, 0.2) is 54.1 Å². The van der Waals surface area contributed by atoms with E-state index in [-0.39, 0.29) is 12.5 Å². The Hall–Kier alpha value is -3.34. The van der Waals surface area contributed by atoms with Gasteiger partial charge in [-0.25, -0.2) is 4.79 Å². The summed E-state index contributed by atoms with van der Waals surface area (Å²) in [5.41, 5.74) is 7.00. The smallest absolute Gasteiger partial charge is 0.408 e. The third kappa shape index (κ3) is 4.93. The van der Waals surface area contributed by atoms with Gasteiger partial charge in [-0.1, -0.05) is 66.3 Å². The number of carbonyl (C=O) groups is 2. The first-order chi connectivity index (χ1) is 15.3. The van der Waals surface area contributed by atoms with E-state index >= 15 is 0 Å². The maximum atomic E-state index is 12.6. The Bertz CT molecular complexity index is 1030. The minimum absolute atomic E-state index is 0.0452. The lowest BCUT2D eigenvalue weighted by Crippen LogP contribution is -2.44. The summed E-state index contributed by atoms with van der Waals surface area (Å²) < 4.78 is 5.22. The number of hydrogen-bond donors (Lipinski definition) is 1. The predicted octanol–water partition coefficient (Wildman–Crippen LogP) is 5.12. The van der Waals surface area contributed by atoms with Crippen molar-refractivity contribution in [1.29, 1.82) is 0 Å². The van der Waals surface area contributed by atoms with Gasteiger partial charge in [0.15, 0.2) is 0 Å². The Balaban J connectivity index is 1.50. The van der Waals surface area contributed by atoms with Crippen molar-refractivity contribution in [3.05, 3.63) is 76.4 Å². The maximum Gasteiger partial charge on any atom is 0.408 e. The number of benzene rings is 2. The number of piperidine rings is 1. The molecule has 5 heteroatoms. The van der Waals surface area contributed by atoms with Crippen LogP contribution in [0.3, 0.4) is 0 Å². The van der Waals surface area contributed by atoms with Gasteiger partial charge in [0.2, 0.25) is 5.91 Å². The molecule has 5 nitrogen and oxygen atoms in total. The second-order valence-electron chi connectivity index (χ2n) is 9.22. The van der Waals surface area contributed by atoms with E-state index < -0.39 is 11.7 Å². The van der Waals surface area contributed by atoms with Gasteiger partial charge in [-0.2, -0.15) is 0 Å². The largest absolute Gasteiger partial charge is 0.444 e. The fourth-order valence-corrected chi connectivity index (χ4v) is 4.30. The van der Waals surface area contributed by atoms with Gasteiger partial charge in [-0.05, 0) is 61.4 Å². The number of amides is 2. The maximum absolute atomic E-state index is 12.6. The van der Waals surface area contributed by atoms with Crippen LogP contribution >= 0.6 is 0 Å². The van der Waals surface area contributed by atoms with E-state index in [2.05, 4.69) is 66.0 Å². The molecule has 1 aliphatic carbocycles. The van der Waals surface area contributed by atoms with Gasteiger partial charge in [-0.15, -0.1) is 0 Å². The fraction of sp³-hybridized carbons (Fsp3) is 0.333. The van der Waals surface area contributed by atoms with Crippen LogP contribution in [-0.4, -0.2) is 42.1 Å². The zero-order chi connectivity index (χ0) is 22.7. The zero-order valence-electron chi connectivity index (χ0n) is 19.0. The molecule has 0 unspecified atom stereocenters. The molecule has 0 aromatic heterocycles. The number of likely N-dealkylation sites (tertiary alicyclic amines) is 1. The first-order valence-electron chi connectivity index (χ1n) is 11.2. The highest BCUT2D eigenvalue weighted by atomic mass is 16.6. The molecule has 1 N–H and O–H groups in total. The first kappa shape index (κ1) is 21.9. The van der Waals surface area contributed by atoms with Crippen LogP contribution in [0.2, 0.25) is 0 Å². The van der Waals surface area contributed by atoms with E-state index in [9.17, 15) is 9.59 Å². The molecule has 166 valence electrons. The minimum atomic E-state index is -0.584. The highest BCUT2D eigenvalue weighted by Crippen LogP contribution is 2.38. The highest BCUT2D eigenvalue weighted by Gasteiger charge is 2.25. The fourth-order valence-electron chi connectivity index (χ4n) is 4.30. The molecule has 0 atom stereocenters. The van der Waals surface area contributed by atoms with Gasteiger partial charge >= 0.3 is 6.09 Å². The average Bonchev–Trinajstić information content (AvgIpc) is 2.93. The number of alkyl carbamates (subject to hydrolysis) is 1. The molecule has 0 bridgehead atoms. The van der Waals surface area contributed by atoms with Crippen molar-refractivity contribution in [3.63, 3.8) is 0 Å².